The molecule has 0 aromatic heterocycles. The lowest BCUT2D eigenvalue weighted by Crippen LogP contribution is -2.49. The number of rotatable bonds is 7. The number of allylic oxidation sites excluding steroid dienone is 2. The van der Waals surface area contributed by atoms with E-state index in [4.69, 9.17) is 4.74 Å². The van der Waals surface area contributed by atoms with Crippen molar-refractivity contribution in [2.75, 3.05) is 0 Å². The van der Waals surface area contributed by atoms with Crippen LogP contribution >= 0.6 is 0 Å². The maximum atomic E-state index is 12.5. The van der Waals surface area contributed by atoms with Crippen LogP contribution in [0.2, 0.25) is 0 Å². The summed E-state index contributed by atoms with van der Waals surface area (Å²) in [5.74, 6) is -0.253. The Balaban J connectivity index is 1.79. The number of hydrogen-bond acceptors (Lipinski definition) is 6. The van der Waals surface area contributed by atoms with E-state index in [1.54, 1.807) is 12.1 Å². The van der Waals surface area contributed by atoms with Gasteiger partial charge in [0, 0.05) is 24.5 Å². The van der Waals surface area contributed by atoms with Crippen molar-refractivity contribution in [3.05, 3.63) is 58.7 Å². The van der Waals surface area contributed by atoms with Gasteiger partial charge in [-0.25, -0.2) is 0 Å². The Hall–Kier alpha value is -2.99. The van der Waals surface area contributed by atoms with Crippen molar-refractivity contribution in [1.29, 1.82) is 0 Å². The molecule has 1 heterocycles. The number of phenolic OH excluding ortho intramolecular Hbond substituents is 3. The number of ether oxygens (including phenoxy) is 1. The normalized spacial score (nSPS) is 19.9. The molecule has 0 saturated heterocycles. The summed E-state index contributed by atoms with van der Waals surface area (Å²) in [5.41, 5.74) is 2.04. The van der Waals surface area contributed by atoms with E-state index in [2.05, 4.69) is 6.08 Å². The van der Waals surface area contributed by atoms with Crippen molar-refractivity contribution in [1.82, 2.24) is 0 Å². The van der Waals surface area contributed by atoms with Crippen LogP contribution in [-0.2, 0) is 12.8 Å². The van der Waals surface area contributed by atoms with E-state index in [0.717, 1.165) is 18.1 Å². The predicted octanol–water partition coefficient (Wildman–Crippen LogP) is 4.42. The van der Waals surface area contributed by atoms with E-state index in [9.17, 15) is 25.2 Å². The first kappa shape index (κ1) is 22.7. The molecule has 1 aliphatic rings. The molecule has 0 amide bonds. The first-order valence-corrected chi connectivity index (χ1v) is 10.5. The number of hydrogen-bond donors (Lipinski definition) is 4. The molecule has 0 unspecified atom stereocenters. The molecule has 2 aromatic carbocycles. The highest BCUT2D eigenvalue weighted by atomic mass is 16.5. The zero-order valence-corrected chi connectivity index (χ0v) is 18.2. The highest BCUT2D eigenvalue weighted by Gasteiger charge is 2.41. The number of aromatic hydroxyl groups is 3. The summed E-state index contributed by atoms with van der Waals surface area (Å²) in [4.78, 5) is 12.5. The second-order valence-electron chi connectivity index (χ2n) is 8.63. The third kappa shape index (κ3) is 5.02. The Bertz CT molecular complexity index is 1010. The first-order valence-electron chi connectivity index (χ1n) is 10.5. The molecule has 166 valence electrons. The van der Waals surface area contributed by atoms with E-state index in [-0.39, 0.29) is 35.0 Å². The summed E-state index contributed by atoms with van der Waals surface area (Å²) in [6.07, 6.45) is 3.54. The molecule has 6 heteroatoms. The van der Waals surface area contributed by atoms with Gasteiger partial charge in [0.25, 0.3) is 0 Å². The summed E-state index contributed by atoms with van der Waals surface area (Å²) in [6.45, 7) is 5.89. The molecule has 4 N–H and O–H groups in total. The standard InChI is InChI=1S/C25H30O6/c1-15(2)5-4-12-25(3)23(30)14-19-16(7-11-21(28)24(19)31-25)6-10-20(27)18-9-8-17(26)13-22(18)29/h5,7-9,11,13,23,26,28-30H,4,6,10,12,14H2,1-3H3/t23-,25-/m1/s1. The number of aliphatic hydroxyl groups excluding tert-OH is 1. The zero-order chi connectivity index (χ0) is 22.8. The quantitative estimate of drug-likeness (QED) is 0.386. The fourth-order valence-corrected chi connectivity index (χ4v) is 3.94. The Morgan fingerprint density at radius 3 is 2.58 bits per heavy atom. The van der Waals surface area contributed by atoms with Crippen molar-refractivity contribution < 1.29 is 30.0 Å². The van der Waals surface area contributed by atoms with Gasteiger partial charge in [0.1, 0.15) is 17.1 Å². The van der Waals surface area contributed by atoms with Crippen molar-refractivity contribution in [2.45, 2.75) is 64.6 Å². The fraction of sp³-hybridized carbons (Fsp3) is 0.400. The number of fused-ring (bicyclic) bond motifs is 1. The first-order chi connectivity index (χ1) is 14.6. The molecule has 2 atom stereocenters. The Labute approximate surface area is 182 Å². The molecule has 0 saturated carbocycles. The molecule has 0 aliphatic carbocycles. The topological polar surface area (TPSA) is 107 Å². The van der Waals surface area contributed by atoms with Crippen LogP contribution in [-0.4, -0.2) is 37.9 Å². The van der Waals surface area contributed by atoms with Gasteiger partial charge in [-0.3, -0.25) is 4.79 Å². The maximum Gasteiger partial charge on any atom is 0.166 e. The van der Waals surface area contributed by atoms with Crippen LogP contribution in [0.1, 0.15) is 61.5 Å². The maximum absolute atomic E-state index is 12.5. The van der Waals surface area contributed by atoms with Crippen LogP contribution < -0.4 is 4.74 Å². The van der Waals surface area contributed by atoms with Crippen molar-refractivity contribution in [3.8, 4) is 23.0 Å². The largest absolute Gasteiger partial charge is 0.508 e. The molecule has 0 fully saturated rings. The molecule has 0 bridgehead atoms. The fourth-order valence-electron chi connectivity index (χ4n) is 3.94. The summed E-state index contributed by atoms with van der Waals surface area (Å²) in [5, 5.41) is 40.5. The number of carbonyl (C=O) groups excluding carboxylic acids is 1. The summed E-state index contributed by atoms with van der Waals surface area (Å²) in [7, 11) is 0. The Morgan fingerprint density at radius 2 is 1.90 bits per heavy atom. The molecule has 6 nitrogen and oxygen atoms in total. The van der Waals surface area contributed by atoms with E-state index in [1.165, 1.54) is 17.7 Å². The van der Waals surface area contributed by atoms with E-state index >= 15 is 0 Å². The lowest BCUT2D eigenvalue weighted by molar-refractivity contribution is -0.0602. The van der Waals surface area contributed by atoms with Crippen LogP contribution in [0, 0.1) is 0 Å². The minimum absolute atomic E-state index is 0.0154. The lowest BCUT2D eigenvalue weighted by atomic mass is 9.83. The molecular weight excluding hydrogens is 396 g/mol. The van der Waals surface area contributed by atoms with Gasteiger partial charge in [-0.05, 0) is 63.8 Å². The minimum atomic E-state index is -0.817. The van der Waals surface area contributed by atoms with Crippen LogP contribution in [0.4, 0.5) is 0 Å². The van der Waals surface area contributed by atoms with Gasteiger partial charge < -0.3 is 25.2 Å². The third-order valence-electron chi connectivity index (χ3n) is 5.87. The number of aryl methyl sites for hydroxylation is 1. The second-order valence-corrected chi connectivity index (χ2v) is 8.63. The van der Waals surface area contributed by atoms with Crippen LogP contribution in [0.15, 0.2) is 42.0 Å². The molecular formula is C25H30O6. The molecule has 31 heavy (non-hydrogen) atoms. The lowest BCUT2D eigenvalue weighted by Gasteiger charge is -2.40. The number of ketones is 1. The van der Waals surface area contributed by atoms with Crippen molar-refractivity contribution in [3.63, 3.8) is 0 Å². The Morgan fingerprint density at radius 1 is 1.16 bits per heavy atom. The molecule has 3 rings (SSSR count). The zero-order valence-electron chi connectivity index (χ0n) is 18.2. The smallest absolute Gasteiger partial charge is 0.166 e. The highest BCUT2D eigenvalue weighted by molar-refractivity contribution is 5.98. The van der Waals surface area contributed by atoms with Gasteiger partial charge >= 0.3 is 0 Å². The Kier molecular flexibility index (Phi) is 6.60. The number of phenols is 3. The molecule has 0 spiro atoms. The number of aliphatic hydroxyl groups is 1. The van der Waals surface area contributed by atoms with Crippen LogP contribution in [0.5, 0.6) is 23.0 Å². The summed E-state index contributed by atoms with van der Waals surface area (Å²) < 4.78 is 6.13. The number of benzene rings is 2. The van der Waals surface area contributed by atoms with E-state index < -0.39 is 11.7 Å². The van der Waals surface area contributed by atoms with Crippen molar-refractivity contribution in [2.24, 2.45) is 0 Å². The van der Waals surface area contributed by atoms with Crippen LogP contribution in [0.3, 0.4) is 0 Å². The molecule has 2 aromatic rings. The van der Waals surface area contributed by atoms with Gasteiger partial charge in [-0.15, -0.1) is 0 Å². The van der Waals surface area contributed by atoms with Crippen molar-refractivity contribution >= 4 is 5.78 Å². The minimum Gasteiger partial charge on any atom is -0.508 e. The average Bonchev–Trinajstić information content (AvgIpc) is 2.68. The predicted molar refractivity (Wildman–Crippen MR) is 118 cm³/mol. The summed E-state index contributed by atoms with van der Waals surface area (Å²) in [6, 6.07) is 7.17. The van der Waals surface area contributed by atoms with Gasteiger partial charge in [-0.2, -0.15) is 0 Å². The molecule has 1 aliphatic heterocycles. The van der Waals surface area contributed by atoms with Gasteiger partial charge in [0.2, 0.25) is 0 Å². The summed E-state index contributed by atoms with van der Waals surface area (Å²) >= 11 is 0. The van der Waals surface area contributed by atoms with Gasteiger partial charge in [0.05, 0.1) is 11.7 Å². The van der Waals surface area contributed by atoms with E-state index in [1.807, 2.05) is 20.8 Å². The van der Waals surface area contributed by atoms with Crippen LogP contribution in [0.25, 0.3) is 0 Å². The van der Waals surface area contributed by atoms with Gasteiger partial charge in [-0.1, -0.05) is 17.7 Å². The second kappa shape index (κ2) is 9.02. The monoisotopic (exact) mass is 426 g/mol. The van der Waals surface area contributed by atoms with E-state index in [0.29, 0.717) is 30.6 Å². The number of carbonyl (C=O) groups is 1. The molecule has 0 radical (unpaired) electrons. The highest BCUT2D eigenvalue weighted by Crippen LogP contribution is 2.43. The van der Waals surface area contributed by atoms with Gasteiger partial charge in [0.15, 0.2) is 17.3 Å². The third-order valence-corrected chi connectivity index (χ3v) is 5.87. The number of Topliss-reactive ketones (excluding diaryl/α,β-unsaturated/α-hetero) is 1. The SMILES string of the molecule is CC(C)=CCC[C@@]1(C)Oc2c(O)ccc(CCC(=O)c3ccc(O)cc3O)c2C[C@H]1O. The average molecular weight is 427 g/mol.